The van der Waals surface area contributed by atoms with Crippen LogP contribution in [0.15, 0.2) is 29.2 Å². The van der Waals surface area contributed by atoms with Crippen molar-refractivity contribution in [3.8, 4) is 0 Å². The number of primary amides is 1. The van der Waals surface area contributed by atoms with Gasteiger partial charge < -0.3 is 11.1 Å². The summed E-state index contributed by atoms with van der Waals surface area (Å²) in [6.07, 6.45) is 1.16. The van der Waals surface area contributed by atoms with Gasteiger partial charge in [0.05, 0.1) is 4.90 Å². The van der Waals surface area contributed by atoms with Crippen molar-refractivity contribution < 1.29 is 13.2 Å². The van der Waals surface area contributed by atoms with Crippen molar-refractivity contribution in [1.29, 1.82) is 0 Å². The molecule has 20 heavy (non-hydrogen) atoms. The van der Waals surface area contributed by atoms with Crippen LogP contribution in [-0.2, 0) is 14.6 Å². The number of benzene rings is 1. The third-order valence-corrected chi connectivity index (χ3v) is 4.54. The lowest BCUT2D eigenvalue weighted by Crippen LogP contribution is -2.48. The number of carbonyl (C=O) groups excluding carboxylic acids is 1. The third-order valence-electron chi connectivity index (χ3n) is 3.41. The molecule has 110 valence electrons. The molecule has 1 aromatic rings. The predicted octanol–water partition coefficient (Wildman–Crippen LogP) is -0.478. The lowest BCUT2D eigenvalue weighted by Gasteiger charge is -2.33. The molecule has 0 saturated carbocycles. The highest BCUT2D eigenvalue weighted by Gasteiger charge is 2.26. The van der Waals surface area contributed by atoms with Crippen LogP contribution >= 0.6 is 0 Å². The van der Waals surface area contributed by atoms with Crippen LogP contribution < -0.4 is 11.1 Å². The minimum absolute atomic E-state index is 0.241. The number of carbonyl (C=O) groups is 1. The van der Waals surface area contributed by atoms with Gasteiger partial charge in [-0.25, -0.2) is 8.42 Å². The molecular formula is C13H19N3O3S. The summed E-state index contributed by atoms with van der Waals surface area (Å²) < 4.78 is 22.9. The summed E-state index contributed by atoms with van der Waals surface area (Å²) in [5.41, 5.74) is 6.23. The van der Waals surface area contributed by atoms with Crippen LogP contribution in [0.2, 0.25) is 0 Å². The molecule has 1 amide bonds. The second-order valence-corrected chi connectivity index (χ2v) is 6.95. The van der Waals surface area contributed by atoms with Gasteiger partial charge in [-0.3, -0.25) is 9.69 Å². The minimum atomic E-state index is -3.23. The van der Waals surface area contributed by atoms with Gasteiger partial charge in [-0.1, -0.05) is 12.1 Å². The first-order valence-electron chi connectivity index (χ1n) is 6.43. The highest BCUT2D eigenvalue weighted by Crippen LogP contribution is 2.22. The first-order valence-corrected chi connectivity index (χ1v) is 8.33. The summed E-state index contributed by atoms with van der Waals surface area (Å²) in [5.74, 6) is -0.418. The summed E-state index contributed by atoms with van der Waals surface area (Å²) in [5, 5.41) is 3.22. The molecule has 1 heterocycles. The number of piperazine rings is 1. The van der Waals surface area contributed by atoms with Gasteiger partial charge in [0.25, 0.3) is 0 Å². The number of nitrogens with two attached hydrogens (primary N) is 1. The van der Waals surface area contributed by atoms with Gasteiger partial charge in [0, 0.05) is 32.4 Å². The molecule has 1 aliphatic heterocycles. The lowest BCUT2D eigenvalue weighted by atomic mass is 10.0. The standard InChI is InChI=1S/C13H19N3O3S/c1-20(18,19)11-4-2-10(3-5-11)12(13(14)17)16-8-6-15-7-9-16/h2-5,12,15H,6-9H2,1H3,(H2,14,17). The maximum absolute atomic E-state index is 11.7. The molecule has 1 atom stereocenters. The first kappa shape index (κ1) is 15.0. The van der Waals surface area contributed by atoms with E-state index in [2.05, 4.69) is 5.32 Å². The molecule has 1 saturated heterocycles. The molecule has 1 aromatic carbocycles. The molecule has 3 N–H and O–H groups in total. The van der Waals surface area contributed by atoms with Crippen LogP contribution in [0, 0.1) is 0 Å². The quantitative estimate of drug-likeness (QED) is 0.783. The van der Waals surface area contributed by atoms with Crippen molar-refractivity contribution in [3.05, 3.63) is 29.8 Å². The summed E-state index contributed by atoms with van der Waals surface area (Å²) >= 11 is 0. The minimum Gasteiger partial charge on any atom is -0.368 e. The SMILES string of the molecule is CS(=O)(=O)c1ccc(C(C(N)=O)N2CCNCC2)cc1. The smallest absolute Gasteiger partial charge is 0.239 e. The highest BCUT2D eigenvalue weighted by atomic mass is 32.2. The molecule has 6 nitrogen and oxygen atoms in total. The zero-order valence-electron chi connectivity index (χ0n) is 11.4. The molecule has 1 fully saturated rings. The van der Waals surface area contributed by atoms with Gasteiger partial charge in [-0.15, -0.1) is 0 Å². The average molecular weight is 297 g/mol. The number of hydrogen-bond acceptors (Lipinski definition) is 5. The number of hydrogen-bond donors (Lipinski definition) is 2. The topological polar surface area (TPSA) is 92.5 Å². The Morgan fingerprint density at radius 2 is 1.80 bits per heavy atom. The van der Waals surface area contributed by atoms with Crippen molar-refractivity contribution in [1.82, 2.24) is 10.2 Å². The molecule has 1 aliphatic rings. The molecule has 0 spiro atoms. The zero-order chi connectivity index (χ0) is 14.8. The fraction of sp³-hybridized carbons (Fsp3) is 0.462. The maximum atomic E-state index is 11.7. The largest absolute Gasteiger partial charge is 0.368 e. The fourth-order valence-electron chi connectivity index (χ4n) is 2.39. The van der Waals surface area contributed by atoms with Crippen molar-refractivity contribution >= 4 is 15.7 Å². The Kier molecular flexibility index (Phi) is 4.42. The Bertz CT molecular complexity index is 577. The maximum Gasteiger partial charge on any atom is 0.239 e. The van der Waals surface area contributed by atoms with Crippen molar-refractivity contribution in [2.45, 2.75) is 10.9 Å². The van der Waals surface area contributed by atoms with E-state index in [0.717, 1.165) is 38.0 Å². The summed E-state index contributed by atoms with van der Waals surface area (Å²) in [6.45, 7) is 3.10. The van der Waals surface area contributed by atoms with Gasteiger partial charge in [0.15, 0.2) is 9.84 Å². The van der Waals surface area contributed by atoms with Gasteiger partial charge in [0.2, 0.25) is 5.91 Å². The van der Waals surface area contributed by atoms with Gasteiger partial charge in [-0.2, -0.15) is 0 Å². The van der Waals surface area contributed by atoms with Gasteiger partial charge in [0.1, 0.15) is 6.04 Å². The normalized spacial score (nSPS) is 18.6. The molecule has 0 aliphatic carbocycles. The number of nitrogens with zero attached hydrogens (tertiary/aromatic N) is 1. The van der Waals surface area contributed by atoms with Crippen LogP contribution in [0.5, 0.6) is 0 Å². The van der Waals surface area contributed by atoms with Crippen molar-refractivity contribution in [2.24, 2.45) is 5.73 Å². The Morgan fingerprint density at radius 1 is 1.25 bits per heavy atom. The van der Waals surface area contributed by atoms with E-state index < -0.39 is 21.8 Å². The van der Waals surface area contributed by atoms with E-state index in [9.17, 15) is 13.2 Å². The Hall–Kier alpha value is -1.44. The Labute approximate surface area is 118 Å². The molecule has 1 unspecified atom stereocenters. The van der Waals surface area contributed by atoms with Crippen LogP contribution in [0.3, 0.4) is 0 Å². The number of rotatable bonds is 4. The van der Waals surface area contributed by atoms with Gasteiger partial charge >= 0.3 is 0 Å². The van der Waals surface area contributed by atoms with Crippen LogP contribution in [0.25, 0.3) is 0 Å². The second kappa shape index (κ2) is 5.90. The van der Waals surface area contributed by atoms with E-state index >= 15 is 0 Å². The molecule has 0 aromatic heterocycles. The van der Waals surface area contributed by atoms with Crippen molar-refractivity contribution in [3.63, 3.8) is 0 Å². The van der Waals surface area contributed by atoms with Crippen LogP contribution in [0.1, 0.15) is 11.6 Å². The van der Waals surface area contributed by atoms with Crippen LogP contribution in [-0.4, -0.2) is 51.7 Å². The summed E-state index contributed by atoms with van der Waals surface area (Å²) in [7, 11) is -3.23. The second-order valence-electron chi connectivity index (χ2n) is 4.93. The highest BCUT2D eigenvalue weighted by molar-refractivity contribution is 7.90. The van der Waals surface area contributed by atoms with E-state index in [4.69, 9.17) is 5.73 Å². The Morgan fingerprint density at radius 3 is 2.25 bits per heavy atom. The number of amides is 1. The summed E-state index contributed by atoms with van der Waals surface area (Å²) in [4.78, 5) is 14.0. The van der Waals surface area contributed by atoms with Gasteiger partial charge in [-0.05, 0) is 17.7 Å². The number of sulfone groups is 1. The zero-order valence-corrected chi connectivity index (χ0v) is 12.2. The lowest BCUT2D eigenvalue weighted by molar-refractivity contribution is -0.123. The molecular weight excluding hydrogens is 278 g/mol. The summed E-state index contributed by atoms with van der Waals surface area (Å²) in [6, 6.07) is 5.85. The van der Waals surface area contributed by atoms with Crippen LogP contribution in [0.4, 0.5) is 0 Å². The average Bonchev–Trinajstić information content (AvgIpc) is 2.39. The molecule has 7 heteroatoms. The molecule has 2 rings (SSSR count). The monoisotopic (exact) mass is 297 g/mol. The van der Waals surface area contributed by atoms with E-state index in [0.29, 0.717) is 0 Å². The number of nitrogens with one attached hydrogen (secondary N) is 1. The molecule has 0 bridgehead atoms. The Balaban J connectivity index is 2.28. The van der Waals surface area contributed by atoms with Crippen molar-refractivity contribution in [2.75, 3.05) is 32.4 Å². The predicted molar refractivity (Wildman–Crippen MR) is 75.9 cm³/mol. The van der Waals surface area contributed by atoms with E-state index in [-0.39, 0.29) is 4.90 Å². The van der Waals surface area contributed by atoms with E-state index in [1.165, 1.54) is 12.1 Å². The van der Waals surface area contributed by atoms with E-state index in [1.54, 1.807) is 12.1 Å². The first-order chi connectivity index (χ1) is 9.39. The fourth-order valence-corrected chi connectivity index (χ4v) is 3.02. The molecule has 0 radical (unpaired) electrons. The third kappa shape index (κ3) is 3.36. The van der Waals surface area contributed by atoms with E-state index in [1.807, 2.05) is 4.90 Å².